The summed E-state index contributed by atoms with van der Waals surface area (Å²) in [5.41, 5.74) is -1.06. The van der Waals surface area contributed by atoms with Gasteiger partial charge in [0.15, 0.2) is 8.32 Å². The minimum absolute atomic E-state index is 0.118. The summed E-state index contributed by atoms with van der Waals surface area (Å²) in [5.74, 6) is -0.679. The van der Waals surface area contributed by atoms with Crippen LogP contribution in [0.4, 0.5) is 0 Å². The van der Waals surface area contributed by atoms with Crippen molar-refractivity contribution in [1.82, 2.24) is 0 Å². The van der Waals surface area contributed by atoms with Gasteiger partial charge in [-0.2, -0.15) is 0 Å². The molecule has 0 radical (unpaired) electrons. The second-order valence-corrected chi connectivity index (χ2v) is 15.4. The van der Waals surface area contributed by atoms with Crippen molar-refractivity contribution in [2.75, 3.05) is 0 Å². The van der Waals surface area contributed by atoms with Crippen LogP contribution in [-0.4, -0.2) is 36.2 Å². The van der Waals surface area contributed by atoms with Gasteiger partial charge in [0.1, 0.15) is 0 Å². The normalized spacial score (nSPS) is 24.7. The highest BCUT2D eigenvalue weighted by Crippen LogP contribution is 2.39. The molecule has 0 aliphatic heterocycles. The monoisotopic (exact) mass is 426 g/mol. The largest absolute Gasteiger partial charge is 0.481 e. The van der Waals surface area contributed by atoms with Crippen molar-refractivity contribution in [1.29, 1.82) is 0 Å². The predicted octanol–water partition coefficient (Wildman–Crippen LogP) is 6.69. The Labute approximate surface area is 180 Å². The minimum Gasteiger partial charge on any atom is -0.481 e. The average molecular weight is 427 g/mol. The molecule has 170 valence electrons. The van der Waals surface area contributed by atoms with Gasteiger partial charge >= 0.3 is 5.97 Å². The molecule has 0 amide bonds. The first-order chi connectivity index (χ1) is 13.4. The summed E-state index contributed by atoms with van der Waals surface area (Å²) in [4.78, 5) is 11.1. The number of aliphatic hydroxyl groups is 1. The van der Waals surface area contributed by atoms with Gasteiger partial charge in [0, 0.05) is 0 Å². The Morgan fingerprint density at radius 2 is 1.90 bits per heavy atom. The van der Waals surface area contributed by atoms with Crippen LogP contribution in [0.3, 0.4) is 0 Å². The first kappa shape index (κ1) is 26.4. The molecule has 5 heteroatoms. The Balaban J connectivity index is 2.77. The lowest BCUT2D eigenvalue weighted by Gasteiger charge is -2.39. The molecule has 4 nitrogen and oxygen atoms in total. The van der Waals surface area contributed by atoms with Crippen LogP contribution in [0.25, 0.3) is 0 Å². The van der Waals surface area contributed by atoms with E-state index >= 15 is 0 Å². The summed E-state index contributed by atoms with van der Waals surface area (Å²) >= 11 is 0. The smallest absolute Gasteiger partial charge is 0.306 e. The molecule has 0 heterocycles. The second kappa shape index (κ2) is 11.7. The lowest BCUT2D eigenvalue weighted by Crippen LogP contribution is -2.43. The van der Waals surface area contributed by atoms with Crippen molar-refractivity contribution >= 4 is 14.3 Å². The second-order valence-electron chi connectivity index (χ2n) is 10.7. The maximum absolute atomic E-state index is 11.1. The Bertz CT molecular complexity index is 523. The maximum atomic E-state index is 11.1. The highest BCUT2D eigenvalue weighted by molar-refractivity contribution is 6.74. The predicted molar refractivity (Wildman–Crippen MR) is 124 cm³/mol. The van der Waals surface area contributed by atoms with E-state index < -0.39 is 19.9 Å². The van der Waals surface area contributed by atoms with Crippen molar-refractivity contribution in [2.45, 2.75) is 128 Å². The van der Waals surface area contributed by atoms with Gasteiger partial charge in [0.05, 0.1) is 18.1 Å². The van der Waals surface area contributed by atoms with Crippen molar-refractivity contribution < 1.29 is 19.4 Å². The number of hydrogen-bond acceptors (Lipinski definition) is 3. The number of unbranched alkanes of at least 4 members (excludes halogenated alkanes) is 4. The molecule has 1 aliphatic rings. The fraction of sp³-hybridized carbons (Fsp3) is 0.875. The van der Waals surface area contributed by atoms with E-state index in [1.54, 1.807) is 0 Å². The average Bonchev–Trinajstić information content (AvgIpc) is 2.57. The Morgan fingerprint density at radius 1 is 1.24 bits per heavy atom. The molecular formula is C24H46O4Si. The van der Waals surface area contributed by atoms with E-state index in [0.717, 1.165) is 19.3 Å². The Kier molecular flexibility index (Phi) is 10.6. The van der Waals surface area contributed by atoms with Gasteiger partial charge in [-0.1, -0.05) is 72.0 Å². The van der Waals surface area contributed by atoms with Gasteiger partial charge in [-0.15, -0.1) is 0 Å². The summed E-state index contributed by atoms with van der Waals surface area (Å²) < 4.78 is 6.71. The van der Waals surface area contributed by atoms with E-state index in [-0.39, 0.29) is 23.5 Å². The molecule has 0 aromatic heterocycles. The molecule has 3 atom stereocenters. The van der Waals surface area contributed by atoms with Gasteiger partial charge < -0.3 is 14.6 Å². The Morgan fingerprint density at radius 3 is 2.48 bits per heavy atom. The van der Waals surface area contributed by atoms with Gasteiger partial charge in [-0.25, -0.2) is 0 Å². The standard InChI is InChI=1S/C24H46O4Si/c1-7-8-9-10-11-14-21(28-29(5,6)23(2,3)4)16-15-20-13-12-17-24(27,18-20)19-22(25)26/h15-16,20-21,27H,7-14,17-19H2,1-6H3,(H,25,26)/b16-15+. The van der Waals surface area contributed by atoms with Crippen LogP contribution in [0, 0.1) is 5.92 Å². The van der Waals surface area contributed by atoms with E-state index in [1.807, 2.05) is 0 Å². The van der Waals surface area contributed by atoms with Crippen LogP contribution in [0.15, 0.2) is 12.2 Å². The molecule has 0 spiro atoms. The first-order valence-corrected chi connectivity index (χ1v) is 14.6. The molecule has 1 rings (SSSR count). The minimum atomic E-state index is -1.86. The number of hydrogen-bond donors (Lipinski definition) is 2. The van der Waals surface area contributed by atoms with E-state index in [2.05, 4.69) is 52.9 Å². The summed E-state index contributed by atoms with van der Waals surface area (Å²) in [6.45, 7) is 13.7. The third kappa shape index (κ3) is 9.80. The maximum Gasteiger partial charge on any atom is 0.306 e. The number of aliphatic carboxylic acids is 1. The van der Waals surface area contributed by atoms with Crippen molar-refractivity contribution in [3.63, 3.8) is 0 Å². The highest BCUT2D eigenvalue weighted by atomic mass is 28.4. The number of carbonyl (C=O) groups is 1. The van der Waals surface area contributed by atoms with Crippen LogP contribution in [0.1, 0.15) is 98.3 Å². The lowest BCUT2D eigenvalue weighted by atomic mass is 9.76. The van der Waals surface area contributed by atoms with E-state index in [0.29, 0.717) is 12.8 Å². The third-order valence-corrected chi connectivity index (χ3v) is 11.3. The summed E-state index contributed by atoms with van der Waals surface area (Å²) in [5, 5.41) is 19.9. The van der Waals surface area contributed by atoms with Gasteiger partial charge in [-0.3, -0.25) is 4.79 Å². The number of carboxylic acid groups (broad SMARTS) is 1. The fourth-order valence-corrected chi connectivity index (χ4v) is 5.28. The number of allylic oxidation sites excluding steroid dienone is 1. The molecule has 0 saturated heterocycles. The third-order valence-electron chi connectivity index (χ3n) is 6.78. The summed E-state index contributed by atoms with van der Waals surface area (Å²) in [6.07, 6.45) is 14.7. The zero-order chi connectivity index (χ0) is 22.1. The molecule has 1 saturated carbocycles. The lowest BCUT2D eigenvalue weighted by molar-refractivity contribution is -0.144. The highest BCUT2D eigenvalue weighted by Gasteiger charge is 2.39. The van der Waals surface area contributed by atoms with E-state index in [9.17, 15) is 9.90 Å². The summed E-state index contributed by atoms with van der Waals surface area (Å²) in [6, 6.07) is 0. The zero-order valence-electron chi connectivity index (χ0n) is 19.8. The van der Waals surface area contributed by atoms with Gasteiger partial charge in [0.2, 0.25) is 0 Å². The first-order valence-electron chi connectivity index (χ1n) is 11.7. The van der Waals surface area contributed by atoms with Gasteiger partial charge in [0.25, 0.3) is 0 Å². The van der Waals surface area contributed by atoms with Crippen molar-refractivity contribution in [2.24, 2.45) is 5.92 Å². The van der Waals surface area contributed by atoms with Crippen molar-refractivity contribution in [3.05, 3.63) is 12.2 Å². The molecule has 0 aromatic carbocycles. The van der Waals surface area contributed by atoms with Crippen LogP contribution in [0.2, 0.25) is 18.1 Å². The van der Waals surface area contributed by atoms with Gasteiger partial charge in [-0.05, 0) is 56.2 Å². The molecule has 1 fully saturated rings. The van der Waals surface area contributed by atoms with E-state index in [4.69, 9.17) is 9.53 Å². The molecule has 1 aliphatic carbocycles. The Hall–Kier alpha value is -0.653. The zero-order valence-corrected chi connectivity index (χ0v) is 20.8. The molecule has 29 heavy (non-hydrogen) atoms. The van der Waals surface area contributed by atoms with Crippen LogP contribution < -0.4 is 0 Å². The van der Waals surface area contributed by atoms with Crippen LogP contribution in [0.5, 0.6) is 0 Å². The summed E-state index contributed by atoms with van der Waals surface area (Å²) in [7, 11) is -1.86. The topological polar surface area (TPSA) is 66.8 Å². The number of rotatable bonds is 12. The molecule has 3 unspecified atom stereocenters. The molecule has 0 bridgehead atoms. The number of carboxylic acids is 1. The fourth-order valence-electron chi connectivity index (χ4n) is 3.97. The quantitative estimate of drug-likeness (QED) is 0.207. The molecule has 0 aromatic rings. The van der Waals surface area contributed by atoms with Crippen LogP contribution in [-0.2, 0) is 9.22 Å². The molecule has 2 N–H and O–H groups in total. The van der Waals surface area contributed by atoms with E-state index in [1.165, 1.54) is 32.1 Å². The molecular weight excluding hydrogens is 380 g/mol. The SMILES string of the molecule is CCCCCCCC(/C=C/C1CCCC(O)(CC(=O)O)C1)O[Si](C)(C)C(C)(C)C. The van der Waals surface area contributed by atoms with Crippen molar-refractivity contribution in [3.8, 4) is 0 Å². The van der Waals surface area contributed by atoms with Crippen LogP contribution >= 0.6 is 0 Å².